The summed E-state index contributed by atoms with van der Waals surface area (Å²) in [6.45, 7) is 2.45. The minimum absolute atomic E-state index is 0.374. The summed E-state index contributed by atoms with van der Waals surface area (Å²) < 4.78 is 0. The number of anilines is 1. The molecule has 3 N–H and O–H groups in total. The Balaban J connectivity index is 1.86. The molecular weight excluding hydrogens is 282 g/mol. The van der Waals surface area contributed by atoms with Crippen LogP contribution in [0.2, 0.25) is 0 Å². The molecule has 1 aliphatic carbocycles. The average Bonchev–Trinajstić information content (AvgIpc) is 2.91. The number of aryl methyl sites for hydroxylation is 3. The zero-order valence-electron chi connectivity index (χ0n) is 11.9. The van der Waals surface area contributed by atoms with Gasteiger partial charge in [0.25, 0.3) is 0 Å². The zero-order chi connectivity index (χ0) is 14.8. The van der Waals surface area contributed by atoms with Crippen molar-refractivity contribution >= 4 is 23.0 Å². The predicted molar refractivity (Wildman–Crippen MR) is 86.2 cm³/mol. The fraction of sp³-hybridized carbons (Fsp3) is 0.333. The molecule has 0 amide bonds. The first-order valence-electron chi connectivity index (χ1n) is 6.98. The van der Waals surface area contributed by atoms with Crippen LogP contribution in [-0.4, -0.2) is 19.9 Å². The third-order valence-electron chi connectivity index (χ3n) is 3.59. The Hall–Kier alpha value is -2.08. The average molecular weight is 299 g/mol. The summed E-state index contributed by atoms with van der Waals surface area (Å²) in [5.41, 5.74) is 9.97. The molecule has 2 heterocycles. The van der Waals surface area contributed by atoms with E-state index in [2.05, 4.69) is 26.3 Å². The van der Waals surface area contributed by atoms with Crippen molar-refractivity contribution in [2.45, 2.75) is 32.7 Å². The number of aromatic nitrogens is 3. The van der Waals surface area contributed by atoms with E-state index in [0.29, 0.717) is 11.5 Å². The van der Waals surface area contributed by atoms with Crippen LogP contribution in [0.4, 0.5) is 5.82 Å². The molecule has 0 saturated heterocycles. The highest BCUT2D eigenvalue weighted by Gasteiger charge is 2.17. The maximum absolute atomic E-state index is 5.83. The van der Waals surface area contributed by atoms with E-state index >= 15 is 0 Å². The van der Waals surface area contributed by atoms with Crippen LogP contribution >= 0.6 is 12.2 Å². The molecule has 0 saturated carbocycles. The van der Waals surface area contributed by atoms with Crippen LogP contribution in [0.5, 0.6) is 0 Å². The minimum Gasteiger partial charge on any atom is -0.389 e. The summed E-state index contributed by atoms with van der Waals surface area (Å²) in [4.78, 5) is 13.5. The normalized spacial score (nSPS) is 13.0. The fourth-order valence-electron chi connectivity index (χ4n) is 2.57. The molecule has 5 nitrogen and oxygen atoms in total. The van der Waals surface area contributed by atoms with E-state index in [9.17, 15) is 0 Å². The molecule has 0 radical (unpaired) electrons. The van der Waals surface area contributed by atoms with Crippen molar-refractivity contribution in [3.05, 3.63) is 46.7 Å². The van der Waals surface area contributed by atoms with E-state index < -0.39 is 0 Å². The molecule has 0 bridgehead atoms. The van der Waals surface area contributed by atoms with Gasteiger partial charge in [-0.3, -0.25) is 0 Å². The van der Waals surface area contributed by atoms with Gasteiger partial charge in [0.2, 0.25) is 0 Å². The standard InChI is InChI=1S/C15H17N5S/c1-9-17-6-5-11(19-9)8-18-15-12(14(16)21)7-10-3-2-4-13(10)20-15/h5-7H,2-4,8H2,1H3,(H2,16,21)(H,18,20). The van der Waals surface area contributed by atoms with Crippen molar-refractivity contribution in [1.82, 2.24) is 15.0 Å². The Bertz CT molecular complexity index is 698. The Kier molecular flexibility index (Phi) is 3.79. The molecule has 108 valence electrons. The van der Waals surface area contributed by atoms with Crippen molar-refractivity contribution in [3.63, 3.8) is 0 Å². The Morgan fingerprint density at radius 1 is 1.38 bits per heavy atom. The number of pyridine rings is 1. The quantitative estimate of drug-likeness (QED) is 0.840. The number of thiocarbonyl (C=S) groups is 1. The van der Waals surface area contributed by atoms with Gasteiger partial charge in [-0.05, 0) is 43.9 Å². The van der Waals surface area contributed by atoms with Crippen LogP contribution in [0, 0.1) is 6.92 Å². The number of nitrogens with two attached hydrogens (primary N) is 1. The first-order valence-corrected chi connectivity index (χ1v) is 7.39. The van der Waals surface area contributed by atoms with Crippen LogP contribution in [0.15, 0.2) is 18.3 Å². The van der Waals surface area contributed by atoms with Crippen LogP contribution < -0.4 is 11.1 Å². The van der Waals surface area contributed by atoms with Crippen molar-refractivity contribution in [1.29, 1.82) is 0 Å². The lowest BCUT2D eigenvalue weighted by Crippen LogP contribution is -2.16. The lowest BCUT2D eigenvalue weighted by molar-refractivity contribution is 0.897. The van der Waals surface area contributed by atoms with E-state index in [4.69, 9.17) is 18.0 Å². The molecule has 0 aliphatic heterocycles. The summed E-state index contributed by atoms with van der Waals surface area (Å²) in [5, 5.41) is 3.30. The number of hydrogen-bond acceptors (Lipinski definition) is 5. The van der Waals surface area contributed by atoms with Crippen molar-refractivity contribution in [3.8, 4) is 0 Å². The number of nitrogens with zero attached hydrogens (tertiary/aromatic N) is 3. The lowest BCUT2D eigenvalue weighted by Gasteiger charge is -2.12. The predicted octanol–water partition coefficient (Wildman–Crippen LogP) is 1.92. The molecular formula is C15H17N5S. The van der Waals surface area contributed by atoms with E-state index in [0.717, 1.165) is 47.9 Å². The van der Waals surface area contributed by atoms with Crippen molar-refractivity contribution < 1.29 is 0 Å². The molecule has 2 aromatic heterocycles. The van der Waals surface area contributed by atoms with Gasteiger partial charge in [-0.25, -0.2) is 15.0 Å². The van der Waals surface area contributed by atoms with Crippen LogP contribution in [0.1, 0.15) is 34.8 Å². The number of hydrogen-bond donors (Lipinski definition) is 2. The second kappa shape index (κ2) is 5.73. The smallest absolute Gasteiger partial charge is 0.136 e. The molecule has 2 aromatic rings. The van der Waals surface area contributed by atoms with Gasteiger partial charge in [0.15, 0.2) is 0 Å². The van der Waals surface area contributed by atoms with Crippen LogP contribution in [-0.2, 0) is 19.4 Å². The van der Waals surface area contributed by atoms with E-state index in [1.54, 1.807) is 6.20 Å². The SMILES string of the molecule is Cc1nccc(CNc2nc3c(cc2C(N)=S)CCC3)n1. The van der Waals surface area contributed by atoms with E-state index in [1.807, 2.05) is 13.0 Å². The second-order valence-electron chi connectivity index (χ2n) is 5.16. The summed E-state index contributed by atoms with van der Waals surface area (Å²) in [6.07, 6.45) is 4.98. The highest BCUT2D eigenvalue weighted by molar-refractivity contribution is 7.80. The first-order chi connectivity index (χ1) is 10.1. The molecule has 6 heteroatoms. The maximum Gasteiger partial charge on any atom is 0.136 e. The largest absolute Gasteiger partial charge is 0.389 e. The van der Waals surface area contributed by atoms with E-state index in [1.165, 1.54) is 5.56 Å². The Labute approximate surface area is 129 Å². The number of fused-ring (bicyclic) bond motifs is 1. The molecule has 1 aliphatic rings. The highest BCUT2D eigenvalue weighted by atomic mass is 32.1. The van der Waals surface area contributed by atoms with E-state index in [-0.39, 0.29) is 0 Å². The minimum atomic E-state index is 0.374. The Morgan fingerprint density at radius 3 is 3.00 bits per heavy atom. The van der Waals surface area contributed by atoms with Gasteiger partial charge >= 0.3 is 0 Å². The van der Waals surface area contributed by atoms with Gasteiger partial charge in [0.1, 0.15) is 16.6 Å². The molecule has 0 aromatic carbocycles. The first kappa shape index (κ1) is 13.9. The molecule has 0 atom stereocenters. The fourth-order valence-corrected chi connectivity index (χ4v) is 2.73. The molecule has 0 unspecified atom stereocenters. The van der Waals surface area contributed by atoms with Gasteiger partial charge in [-0.1, -0.05) is 12.2 Å². The third kappa shape index (κ3) is 3.00. The van der Waals surface area contributed by atoms with Crippen LogP contribution in [0.25, 0.3) is 0 Å². The second-order valence-corrected chi connectivity index (χ2v) is 5.60. The monoisotopic (exact) mass is 299 g/mol. The number of nitrogens with one attached hydrogen (secondary N) is 1. The van der Waals surface area contributed by atoms with Crippen molar-refractivity contribution in [2.75, 3.05) is 5.32 Å². The molecule has 21 heavy (non-hydrogen) atoms. The van der Waals surface area contributed by atoms with Gasteiger partial charge in [-0.15, -0.1) is 0 Å². The van der Waals surface area contributed by atoms with Crippen LogP contribution in [0.3, 0.4) is 0 Å². The maximum atomic E-state index is 5.83. The van der Waals surface area contributed by atoms with Gasteiger partial charge in [-0.2, -0.15) is 0 Å². The third-order valence-corrected chi connectivity index (χ3v) is 3.81. The highest BCUT2D eigenvalue weighted by Crippen LogP contribution is 2.25. The lowest BCUT2D eigenvalue weighted by atomic mass is 10.1. The number of rotatable bonds is 4. The van der Waals surface area contributed by atoms with Crippen molar-refractivity contribution in [2.24, 2.45) is 5.73 Å². The zero-order valence-corrected chi connectivity index (χ0v) is 12.7. The summed E-state index contributed by atoms with van der Waals surface area (Å²) in [7, 11) is 0. The van der Waals surface area contributed by atoms with Gasteiger partial charge in [0, 0.05) is 11.9 Å². The summed E-state index contributed by atoms with van der Waals surface area (Å²) in [6, 6.07) is 3.96. The Morgan fingerprint density at radius 2 is 2.24 bits per heavy atom. The summed E-state index contributed by atoms with van der Waals surface area (Å²) >= 11 is 5.14. The topological polar surface area (TPSA) is 76.7 Å². The van der Waals surface area contributed by atoms with Gasteiger partial charge < -0.3 is 11.1 Å². The van der Waals surface area contributed by atoms with Gasteiger partial charge in [0.05, 0.1) is 17.8 Å². The molecule has 3 rings (SSSR count). The summed E-state index contributed by atoms with van der Waals surface area (Å²) in [5.74, 6) is 1.50. The molecule has 0 spiro atoms. The molecule has 0 fully saturated rings.